The third-order valence-electron chi connectivity index (χ3n) is 13.0. The number of hydrogen-bond acceptors (Lipinski definition) is 13. The van der Waals surface area contributed by atoms with Crippen LogP contribution in [0.5, 0.6) is 0 Å². The Morgan fingerprint density at radius 2 is 1.45 bits per heavy atom. The van der Waals surface area contributed by atoms with E-state index in [9.17, 15) is 29.4 Å². The number of carbonyl (C=O) groups is 4. The van der Waals surface area contributed by atoms with Crippen LogP contribution in [0.15, 0.2) is 85.5 Å². The van der Waals surface area contributed by atoms with Crippen LogP contribution in [-0.2, 0) is 34.3 Å². The van der Waals surface area contributed by atoms with E-state index < -0.39 is 89.3 Å². The number of anilines is 2. The summed E-state index contributed by atoms with van der Waals surface area (Å²) in [5.74, 6) is 4.46. The molecule has 7 rings (SSSR count). The highest BCUT2D eigenvalue weighted by atomic mass is 19.1. The molecule has 2 saturated heterocycles. The molecular formula is C53H64F2N12O7. The smallest absolute Gasteiger partial charge is 0.407 e. The number of amides is 4. The summed E-state index contributed by atoms with van der Waals surface area (Å²) in [4.78, 5) is 70.7. The van der Waals surface area contributed by atoms with Crippen molar-refractivity contribution in [3.8, 4) is 23.1 Å². The fourth-order valence-electron chi connectivity index (χ4n) is 9.20. The molecule has 2 aliphatic heterocycles. The highest BCUT2D eigenvalue weighted by Gasteiger charge is 2.42. The standard InChI is InChI=1S/C53H64F2N12O7/c1-52(2,3)45(61-51(73)74-8)47(69)59-42(43(68)31-66(63-48(70)46(53(4,5)6)60-50(71)72)30-38-39(54)25-35(26-40(38)55)41-20-23-64(7)62-41)24-33-13-10-32(11-14-33)12-15-34-16-19-44(58-27-34)65-28-36-17-18-37(29-65)67(36)49-56-21-9-22-57-49/h9-11,13-14,16,19-23,25-27,36-37,42-43,45-46,60,68H,17-18,24,28-31H2,1-8H3,(H,59,69)(H,61,73)(H,63,70)(H,71,72)/t36?,37?,42-,43-,45+,46+/m0/s1. The summed E-state index contributed by atoms with van der Waals surface area (Å²) in [6, 6.07) is 13.5. The van der Waals surface area contributed by atoms with Crippen LogP contribution in [0.2, 0.25) is 0 Å². The SMILES string of the molecule is COC(=O)N[C@H](C(=O)N[C@@H](Cc1ccc(C#Cc2ccc(N3CC4CCC(C3)N4c3ncccn3)nc2)cc1)[C@@H](O)CN(Cc1c(F)cc(-c2ccn(C)n2)cc1F)NC(=O)[C@@H](NC(=O)O)C(C)(C)C)C(C)(C)C. The Morgan fingerprint density at radius 1 is 0.838 bits per heavy atom. The van der Waals surface area contributed by atoms with Gasteiger partial charge in [-0.1, -0.05) is 65.5 Å². The van der Waals surface area contributed by atoms with Gasteiger partial charge in [-0.2, -0.15) is 5.10 Å². The molecule has 3 aromatic heterocycles. The molecule has 0 saturated carbocycles. The molecule has 0 aliphatic carbocycles. The van der Waals surface area contributed by atoms with Crippen molar-refractivity contribution in [1.29, 1.82) is 0 Å². The van der Waals surface area contributed by atoms with Crippen LogP contribution in [0.1, 0.15) is 76.6 Å². The van der Waals surface area contributed by atoms with Gasteiger partial charge in [-0.05, 0) is 84.2 Å². The molecule has 6 atom stereocenters. The lowest BCUT2D eigenvalue weighted by molar-refractivity contribution is -0.132. The van der Waals surface area contributed by atoms with E-state index in [1.165, 1.54) is 4.68 Å². The van der Waals surface area contributed by atoms with Crippen molar-refractivity contribution in [2.45, 2.75) is 104 Å². The zero-order valence-corrected chi connectivity index (χ0v) is 42.8. The molecule has 0 radical (unpaired) electrons. The number of methoxy groups -OCH3 is 1. The first kappa shape index (κ1) is 54.1. The molecule has 0 spiro atoms. The van der Waals surface area contributed by atoms with Gasteiger partial charge in [-0.25, -0.2) is 38.3 Å². The third kappa shape index (κ3) is 13.7. The second kappa shape index (κ2) is 23.0. The van der Waals surface area contributed by atoms with Gasteiger partial charge in [-0.15, -0.1) is 0 Å². The molecule has 5 aromatic rings. The number of ether oxygens (including phenoxy) is 1. The number of alkyl carbamates (subject to hydrolysis) is 1. The Labute approximate surface area is 429 Å². The second-order valence-electron chi connectivity index (χ2n) is 20.8. The van der Waals surface area contributed by atoms with Gasteiger partial charge >= 0.3 is 12.2 Å². The molecule has 4 amide bonds. The molecule has 19 nitrogen and oxygen atoms in total. The van der Waals surface area contributed by atoms with Gasteiger partial charge in [0, 0.05) is 92.4 Å². The van der Waals surface area contributed by atoms with E-state index in [1.54, 1.807) is 104 Å². The summed E-state index contributed by atoms with van der Waals surface area (Å²) in [6.07, 6.45) is 5.09. The number of piperazine rings is 1. The first-order chi connectivity index (χ1) is 35.1. The summed E-state index contributed by atoms with van der Waals surface area (Å²) in [7, 11) is 2.82. The number of benzene rings is 2. The first-order valence-corrected chi connectivity index (χ1v) is 24.3. The van der Waals surface area contributed by atoms with Crippen LogP contribution >= 0.6 is 0 Å². The fraction of sp³-hybridized carbons (Fsp3) is 0.434. The lowest BCUT2D eigenvalue weighted by Gasteiger charge is -2.41. The molecule has 21 heteroatoms. The number of aromatic nitrogens is 5. The maximum atomic E-state index is 16.0. The molecule has 5 heterocycles. The van der Waals surface area contributed by atoms with Crippen LogP contribution in [0.25, 0.3) is 11.3 Å². The number of nitrogens with one attached hydrogen (secondary N) is 4. The lowest BCUT2D eigenvalue weighted by atomic mass is 9.85. The average molecular weight is 1020 g/mol. The number of aliphatic hydroxyl groups excluding tert-OH is 1. The second-order valence-corrected chi connectivity index (χ2v) is 20.8. The van der Waals surface area contributed by atoms with Gasteiger partial charge in [0.1, 0.15) is 29.5 Å². The predicted molar refractivity (Wildman–Crippen MR) is 272 cm³/mol. The molecule has 2 fully saturated rings. The number of halogens is 2. The molecule has 2 bridgehead atoms. The number of carboxylic acid groups (broad SMARTS) is 1. The van der Waals surface area contributed by atoms with E-state index in [2.05, 4.69) is 58.1 Å². The maximum absolute atomic E-state index is 16.0. The molecule has 2 aliphatic rings. The average Bonchev–Trinajstić information content (AvgIpc) is 3.91. The first-order valence-electron chi connectivity index (χ1n) is 24.3. The van der Waals surface area contributed by atoms with Crippen molar-refractivity contribution in [3.05, 3.63) is 119 Å². The topological polar surface area (TPSA) is 232 Å². The lowest BCUT2D eigenvalue weighted by Crippen LogP contribution is -2.60. The minimum atomic E-state index is -1.58. The van der Waals surface area contributed by atoms with Gasteiger partial charge < -0.3 is 40.7 Å². The number of nitrogens with zero attached hydrogens (tertiary/aromatic N) is 8. The number of aliphatic hydroxyl groups is 1. The molecule has 74 heavy (non-hydrogen) atoms. The molecule has 392 valence electrons. The Morgan fingerprint density at radius 3 is 2.00 bits per heavy atom. The number of hydrogen-bond donors (Lipinski definition) is 6. The highest BCUT2D eigenvalue weighted by Crippen LogP contribution is 2.34. The van der Waals surface area contributed by atoms with Crippen molar-refractivity contribution in [2.24, 2.45) is 17.9 Å². The van der Waals surface area contributed by atoms with Crippen molar-refractivity contribution in [2.75, 3.05) is 36.5 Å². The molecule has 6 N–H and O–H groups in total. The fourth-order valence-corrected chi connectivity index (χ4v) is 9.20. The summed E-state index contributed by atoms with van der Waals surface area (Å²) < 4.78 is 38.2. The molecule has 2 aromatic carbocycles. The Balaban J connectivity index is 1.11. The van der Waals surface area contributed by atoms with Crippen LogP contribution in [0.4, 0.5) is 30.1 Å². The largest absolute Gasteiger partial charge is 0.465 e. The molecular weight excluding hydrogens is 955 g/mol. The number of carbonyl (C=O) groups excluding carboxylic acids is 3. The van der Waals surface area contributed by atoms with Crippen LogP contribution in [0.3, 0.4) is 0 Å². The van der Waals surface area contributed by atoms with Crippen LogP contribution < -0.4 is 31.2 Å². The number of pyridine rings is 1. The van der Waals surface area contributed by atoms with Gasteiger partial charge in [0.25, 0.3) is 5.91 Å². The van der Waals surface area contributed by atoms with E-state index in [0.29, 0.717) is 34.5 Å². The summed E-state index contributed by atoms with van der Waals surface area (Å²) in [5.41, 5.74) is 2.76. The summed E-state index contributed by atoms with van der Waals surface area (Å²) in [5, 5.41) is 34.7. The number of fused-ring (bicyclic) bond motifs is 2. The number of hydrazine groups is 1. The monoisotopic (exact) mass is 1020 g/mol. The molecule has 2 unspecified atom stereocenters. The Hall–Kier alpha value is -7.70. The van der Waals surface area contributed by atoms with E-state index in [1.807, 2.05) is 18.2 Å². The number of rotatable bonds is 16. The van der Waals surface area contributed by atoms with Gasteiger partial charge in [0.05, 0.1) is 24.9 Å². The van der Waals surface area contributed by atoms with Gasteiger partial charge in [0.15, 0.2) is 0 Å². The maximum Gasteiger partial charge on any atom is 0.407 e. The van der Waals surface area contributed by atoms with E-state index in [0.717, 1.165) is 61.9 Å². The quantitative estimate of drug-likeness (QED) is 0.0553. The predicted octanol–water partition coefficient (Wildman–Crippen LogP) is 5.18. The Kier molecular flexibility index (Phi) is 16.8. The van der Waals surface area contributed by atoms with E-state index in [4.69, 9.17) is 9.72 Å². The highest BCUT2D eigenvalue weighted by molar-refractivity contribution is 5.87. The third-order valence-corrected chi connectivity index (χ3v) is 13.0. The zero-order chi connectivity index (χ0) is 53.5. The zero-order valence-electron chi connectivity index (χ0n) is 42.8. The van der Waals surface area contributed by atoms with Crippen LogP contribution in [-0.4, -0.2) is 127 Å². The van der Waals surface area contributed by atoms with Crippen molar-refractivity contribution in [1.82, 2.24) is 51.1 Å². The minimum absolute atomic E-state index is 0.0100. The van der Waals surface area contributed by atoms with E-state index >= 15 is 8.78 Å². The summed E-state index contributed by atoms with van der Waals surface area (Å²) >= 11 is 0. The van der Waals surface area contributed by atoms with E-state index in [-0.39, 0.29) is 12.0 Å². The normalized spacial score (nSPS) is 17.1. The minimum Gasteiger partial charge on any atom is -0.465 e. The Bertz CT molecular complexity index is 2810. The van der Waals surface area contributed by atoms with Gasteiger partial charge in [-0.3, -0.25) is 19.7 Å². The van der Waals surface area contributed by atoms with Crippen LogP contribution in [0, 0.1) is 34.3 Å². The van der Waals surface area contributed by atoms with Crippen molar-refractivity contribution < 1.29 is 42.9 Å². The van der Waals surface area contributed by atoms with Gasteiger partial charge in [0.2, 0.25) is 11.9 Å². The van der Waals surface area contributed by atoms with Crippen molar-refractivity contribution in [3.63, 3.8) is 0 Å². The van der Waals surface area contributed by atoms with Crippen molar-refractivity contribution >= 4 is 35.8 Å². The number of aryl methyl sites for hydroxylation is 1. The summed E-state index contributed by atoms with van der Waals surface area (Å²) in [6.45, 7) is 10.5.